The Kier molecular flexibility index (Phi) is 6.15. The van der Waals surface area contributed by atoms with Crippen LogP contribution >= 0.6 is 0 Å². The van der Waals surface area contributed by atoms with Gasteiger partial charge in [0.25, 0.3) is 0 Å². The fourth-order valence-corrected chi connectivity index (χ4v) is 3.74. The van der Waals surface area contributed by atoms with E-state index in [1.165, 1.54) is 6.92 Å². The summed E-state index contributed by atoms with van der Waals surface area (Å²) in [5.41, 5.74) is 2.57. The van der Waals surface area contributed by atoms with E-state index in [2.05, 4.69) is 10.0 Å². The van der Waals surface area contributed by atoms with Gasteiger partial charge in [0.2, 0.25) is 15.9 Å². The molecule has 0 aromatic heterocycles. The van der Waals surface area contributed by atoms with Crippen LogP contribution in [-0.2, 0) is 14.8 Å². The average Bonchev–Trinajstić information content (AvgIpc) is 2.56. The smallest absolute Gasteiger partial charge is 0.242 e. The Morgan fingerprint density at radius 1 is 1.04 bits per heavy atom. The molecule has 0 radical (unpaired) electrons. The van der Waals surface area contributed by atoms with Crippen LogP contribution in [0.2, 0.25) is 0 Å². The zero-order valence-electron chi connectivity index (χ0n) is 15.2. The quantitative estimate of drug-likeness (QED) is 0.807. The van der Waals surface area contributed by atoms with Crippen molar-refractivity contribution < 1.29 is 17.6 Å². The van der Waals surface area contributed by atoms with Crippen LogP contribution in [0.3, 0.4) is 0 Å². The Hall–Kier alpha value is -2.25. The monoisotopic (exact) mass is 378 g/mol. The van der Waals surface area contributed by atoms with E-state index in [0.717, 1.165) is 35.4 Å². The van der Waals surface area contributed by atoms with Crippen LogP contribution in [0.5, 0.6) is 0 Å². The third kappa shape index (κ3) is 4.68. The molecule has 0 unspecified atom stereocenters. The summed E-state index contributed by atoms with van der Waals surface area (Å²) in [5.74, 6) is -0.793. The van der Waals surface area contributed by atoms with Crippen molar-refractivity contribution in [2.45, 2.75) is 44.6 Å². The number of nitrogens with one attached hydrogen (secondary N) is 2. The molecule has 5 nitrogen and oxygen atoms in total. The number of sulfonamides is 1. The van der Waals surface area contributed by atoms with E-state index in [1.54, 1.807) is 0 Å². The maximum Gasteiger partial charge on any atom is 0.242 e. The summed E-state index contributed by atoms with van der Waals surface area (Å²) < 4.78 is 40.0. The van der Waals surface area contributed by atoms with E-state index in [0.29, 0.717) is 5.69 Å². The lowest BCUT2D eigenvalue weighted by Gasteiger charge is -2.19. The predicted octanol–water partition coefficient (Wildman–Crippen LogP) is 3.56. The highest BCUT2D eigenvalue weighted by atomic mass is 32.2. The van der Waals surface area contributed by atoms with Gasteiger partial charge in [-0.1, -0.05) is 32.0 Å². The topological polar surface area (TPSA) is 75.3 Å². The minimum Gasteiger partial charge on any atom is -0.324 e. The molecule has 0 fully saturated rings. The van der Waals surface area contributed by atoms with Crippen molar-refractivity contribution in [1.29, 1.82) is 0 Å². The van der Waals surface area contributed by atoms with Crippen LogP contribution in [0.15, 0.2) is 47.4 Å². The van der Waals surface area contributed by atoms with Gasteiger partial charge in [0.05, 0.1) is 10.9 Å². The number of anilines is 1. The Morgan fingerprint density at radius 3 is 2.23 bits per heavy atom. The first-order valence-electron chi connectivity index (χ1n) is 8.30. The van der Waals surface area contributed by atoms with E-state index in [4.69, 9.17) is 0 Å². The zero-order chi connectivity index (χ0) is 19.5. The fraction of sp³-hybridized carbons (Fsp3) is 0.316. The summed E-state index contributed by atoms with van der Waals surface area (Å²) in [6.07, 6.45) is 0. The van der Waals surface area contributed by atoms with E-state index in [-0.39, 0.29) is 10.8 Å². The number of carbonyl (C=O) groups is 1. The van der Waals surface area contributed by atoms with Gasteiger partial charge in [-0.3, -0.25) is 4.79 Å². The Balaban J connectivity index is 2.17. The molecular formula is C19H23FN2O3S. The second-order valence-corrected chi connectivity index (χ2v) is 8.19. The van der Waals surface area contributed by atoms with Gasteiger partial charge < -0.3 is 5.32 Å². The van der Waals surface area contributed by atoms with Crippen molar-refractivity contribution in [1.82, 2.24) is 4.72 Å². The van der Waals surface area contributed by atoms with E-state index in [9.17, 15) is 17.6 Å². The fourth-order valence-electron chi connectivity index (χ4n) is 2.54. The van der Waals surface area contributed by atoms with Crippen LogP contribution in [-0.4, -0.2) is 20.4 Å². The lowest BCUT2D eigenvalue weighted by atomic mass is 9.98. The Bertz CT molecular complexity index is 894. The van der Waals surface area contributed by atoms with Gasteiger partial charge >= 0.3 is 0 Å². The zero-order valence-corrected chi connectivity index (χ0v) is 16.0. The number of hydrogen-bond donors (Lipinski definition) is 2. The number of carbonyl (C=O) groups excluding carboxylic acids is 1. The van der Waals surface area contributed by atoms with Crippen molar-refractivity contribution in [3.63, 3.8) is 0 Å². The predicted molar refractivity (Wildman–Crippen MR) is 100 cm³/mol. The summed E-state index contributed by atoms with van der Waals surface area (Å²) in [4.78, 5) is 12.4. The normalized spacial score (nSPS) is 12.8. The first-order chi connectivity index (χ1) is 12.1. The highest BCUT2D eigenvalue weighted by Gasteiger charge is 2.23. The minimum absolute atomic E-state index is 0.0997. The average molecular weight is 378 g/mol. The van der Waals surface area contributed by atoms with E-state index < -0.39 is 27.8 Å². The van der Waals surface area contributed by atoms with Gasteiger partial charge in [-0.25, -0.2) is 12.8 Å². The number of benzene rings is 2. The standard InChI is InChI=1S/C19H23FN2O3S/c1-12(2)17-7-5-6-13(3)18(17)21-19(23)14(4)22-26(24,25)16-10-8-15(20)9-11-16/h5-12,14,22H,1-4H3,(H,21,23)/t14-/m0/s1. The maximum atomic E-state index is 13.0. The van der Waals surface area contributed by atoms with Crippen LogP contribution in [0.25, 0.3) is 0 Å². The summed E-state index contributed by atoms with van der Waals surface area (Å²) in [6, 6.07) is 9.16. The second-order valence-electron chi connectivity index (χ2n) is 6.48. The molecule has 7 heteroatoms. The summed E-state index contributed by atoms with van der Waals surface area (Å²) >= 11 is 0. The van der Waals surface area contributed by atoms with Crippen molar-refractivity contribution in [3.05, 3.63) is 59.4 Å². The molecule has 2 aromatic rings. The summed E-state index contributed by atoms with van der Waals surface area (Å²) in [6.45, 7) is 7.38. The van der Waals surface area contributed by atoms with Gasteiger partial charge in [-0.15, -0.1) is 0 Å². The Morgan fingerprint density at radius 2 is 1.65 bits per heavy atom. The first kappa shape index (κ1) is 20.1. The molecule has 2 rings (SSSR count). The van der Waals surface area contributed by atoms with Gasteiger partial charge in [0.1, 0.15) is 5.82 Å². The van der Waals surface area contributed by atoms with Gasteiger partial charge in [0, 0.05) is 5.69 Å². The second kappa shape index (κ2) is 7.97. The van der Waals surface area contributed by atoms with Gasteiger partial charge in [-0.2, -0.15) is 4.72 Å². The number of rotatable bonds is 6. The molecular weight excluding hydrogens is 355 g/mol. The molecule has 0 heterocycles. The van der Waals surface area contributed by atoms with Crippen LogP contribution in [0, 0.1) is 12.7 Å². The van der Waals surface area contributed by atoms with Crippen molar-refractivity contribution in [3.8, 4) is 0 Å². The molecule has 0 aliphatic heterocycles. The molecule has 0 aliphatic rings. The summed E-state index contributed by atoms with van der Waals surface area (Å²) in [7, 11) is -3.93. The van der Waals surface area contributed by atoms with Gasteiger partial charge in [-0.05, 0) is 55.2 Å². The van der Waals surface area contributed by atoms with E-state index >= 15 is 0 Å². The largest absolute Gasteiger partial charge is 0.324 e. The summed E-state index contributed by atoms with van der Waals surface area (Å²) in [5, 5.41) is 2.82. The van der Waals surface area contributed by atoms with Gasteiger partial charge in [0.15, 0.2) is 0 Å². The minimum atomic E-state index is -3.93. The van der Waals surface area contributed by atoms with Crippen molar-refractivity contribution in [2.24, 2.45) is 0 Å². The molecule has 0 bridgehead atoms. The molecule has 140 valence electrons. The number of para-hydroxylation sites is 1. The molecule has 0 aliphatic carbocycles. The Labute approximate surface area is 153 Å². The van der Waals surface area contributed by atoms with Crippen molar-refractivity contribution >= 4 is 21.6 Å². The van der Waals surface area contributed by atoms with Crippen molar-refractivity contribution in [2.75, 3.05) is 5.32 Å². The lowest BCUT2D eigenvalue weighted by Crippen LogP contribution is -2.41. The highest BCUT2D eigenvalue weighted by Crippen LogP contribution is 2.27. The first-order valence-corrected chi connectivity index (χ1v) is 9.78. The molecule has 2 N–H and O–H groups in total. The SMILES string of the molecule is Cc1cccc(C(C)C)c1NC(=O)[C@H](C)NS(=O)(=O)c1ccc(F)cc1. The molecule has 1 atom stereocenters. The number of halogens is 1. The molecule has 2 aromatic carbocycles. The molecule has 26 heavy (non-hydrogen) atoms. The number of amides is 1. The van der Waals surface area contributed by atoms with E-state index in [1.807, 2.05) is 39.0 Å². The molecule has 1 amide bonds. The third-order valence-electron chi connectivity index (χ3n) is 4.02. The maximum absolute atomic E-state index is 13.0. The van der Waals surface area contributed by atoms with Crippen LogP contribution < -0.4 is 10.0 Å². The van der Waals surface area contributed by atoms with Crippen LogP contribution in [0.1, 0.15) is 37.8 Å². The third-order valence-corrected chi connectivity index (χ3v) is 5.58. The highest BCUT2D eigenvalue weighted by molar-refractivity contribution is 7.89. The number of aryl methyl sites for hydroxylation is 1. The molecule has 0 spiro atoms. The molecule has 0 saturated carbocycles. The van der Waals surface area contributed by atoms with Crippen LogP contribution in [0.4, 0.5) is 10.1 Å². The molecule has 0 saturated heterocycles. The lowest BCUT2D eigenvalue weighted by molar-refractivity contribution is -0.117. The number of hydrogen-bond acceptors (Lipinski definition) is 3.